The Bertz CT molecular complexity index is 758. The van der Waals surface area contributed by atoms with E-state index in [4.69, 9.17) is 0 Å². The van der Waals surface area contributed by atoms with Crippen molar-refractivity contribution in [3.8, 4) is 0 Å². The van der Waals surface area contributed by atoms with Crippen LogP contribution in [0.3, 0.4) is 0 Å². The lowest BCUT2D eigenvalue weighted by molar-refractivity contribution is 0.768. The van der Waals surface area contributed by atoms with Crippen molar-refractivity contribution in [1.29, 1.82) is 0 Å². The van der Waals surface area contributed by atoms with Crippen LogP contribution in [0, 0.1) is 13.8 Å². The molecule has 0 atom stereocenters. The molecule has 0 saturated heterocycles. The fraction of sp³-hybridized carbons (Fsp3) is 0.250. The number of rotatable bonds is 3. The van der Waals surface area contributed by atoms with Crippen LogP contribution in [0.2, 0.25) is 0 Å². The van der Waals surface area contributed by atoms with Crippen molar-refractivity contribution < 1.29 is 0 Å². The van der Waals surface area contributed by atoms with Crippen LogP contribution in [0.5, 0.6) is 0 Å². The predicted octanol–water partition coefficient (Wildman–Crippen LogP) is 3.14. The van der Waals surface area contributed by atoms with Gasteiger partial charge in [-0.15, -0.1) is 0 Å². The monoisotopic (exact) mass is 266 g/mol. The van der Waals surface area contributed by atoms with Crippen molar-refractivity contribution in [2.75, 3.05) is 12.4 Å². The van der Waals surface area contributed by atoms with Crippen LogP contribution in [-0.4, -0.2) is 21.6 Å². The Kier molecular flexibility index (Phi) is 3.14. The second-order valence-electron chi connectivity index (χ2n) is 4.98. The molecular weight excluding hydrogens is 248 g/mol. The molecule has 102 valence electrons. The fourth-order valence-corrected chi connectivity index (χ4v) is 2.38. The standard InChI is InChI=1S/C16H18N4/c1-11-12(2)20(10-18-11)9-14-8-13-6-4-5-7-15(13)19-16(14)17-3/h4-8,10H,9H2,1-3H3,(H,17,19). The molecule has 0 saturated carbocycles. The number of aryl methyl sites for hydroxylation is 1. The number of imidazole rings is 1. The number of hydrogen-bond donors (Lipinski definition) is 1. The largest absolute Gasteiger partial charge is 0.373 e. The summed E-state index contributed by atoms with van der Waals surface area (Å²) in [6.07, 6.45) is 1.89. The summed E-state index contributed by atoms with van der Waals surface area (Å²) in [6.45, 7) is 4.90. The van der Waals surface area contributed by atoms with E-state index in [1.165, 1.54) is 11.3 Å². The predicted molar refractivity (Wildman–Crippen MR) is 82.1 cm³/mol. The van der Waals surface area contributed by atoms with Gasteiger partial charge in [-0.25, -0.2) is 9.97 Å². The smallest absolute Gasteiger partial charge is 0.131 e. The van der Waals surface area contributed by atoms with E-state index in [2.05, 4.69) is 38.9 Å². The Labute approximate surface area is 118 Å². The molecule has 2 heterocycles. The molecule has 0 aliphatic rings. The second-order valence-corrected chi connectivity index (χ2v) is 4.98. The number of pyridine rings is 1. The highest BCUT2D eigenvalue weighted by molar-refractivity contribution is 5.81. The first kappa shape index (κ1) is 12.7. The van der Waals surface area contributed by atoms with Gasteiger partial charge in [0.15, 0.2) is 0 Å². The van der Waals surface area contributed by atoms with Gasteiger partial charge >= 0.3 is 0 Å². The lowest BCUT2D eigenvalue weighted by Gasteiger charge is -2.12. The highest BCUT2D eigenvalue weighted by atomic mass is 15.1. The summed E-state index contributed by atoms with van der Waals surface area (Å²) < 4.78 is 2.15. The molecule has 3 rings (SSSR count). The van der Waals surface area contributed by atoms with Crippen LogP contribution < -0.4 is 5.32 Å². The average Bonchev–Trinajstić information content (AvgIpc) is 2.78. The molecule has 0 aliphatic heterocycles. The Hall–Kier alpha value is -2.36. The van der Waals surface area contributed by atoms with Crippen LogP contribution in [0.15, 0.2) is 36.7 Å². The van der Waals surface area contributed by atoms with Gasteiger partial charge in [-0.3, -0.25) is 0 Å². The number of para-hydroxylation sites is 1. The summed E-state index contributed by atoms with van der Waals surface area (Å²) >= 11 is 0. The van der Waals surface area contributed by atoms with Crippen LogP contribution in [0.25, 0.3) is 10.9 Å². The molecule has 0 spiro atoms. The molecular formula is C16H18N4. The van der Waals surface area contributed by atoms with Crippen molar-refractivity contribution >= 4 is 16.7 Å². The van der Waals surface area contributed by atoms with Crippen molar-refractivity contribution in [2.45, 2.75) is 20.4 Å². The van der Waals surface area contributed by atoms with Crippen molar-refractivity contribution in [3.05, 3.63) is 53.6 Å². The van der Waals surface area contributed by atoms with Gasteiger partial charge in [0.1, 0.15) is 5.82 Å². The highest BCUT2D eigenvalue weighted by Gasteiger charge is 2.08. The maximum Gasteiger partial charge on any atom is 0.131 e. The molecule has 4 nitrogen and oxygen atoms in total. The Morgan fingerprint density at radius 1 is 1.20 bits per heavy atom. The van der Waals surface area contributed by atoms with E-state index in [9.17, 15) is 0 Å². The summed E-state index contributed by atoms with van der Waals surface area (Å²) in [6, 6.07) is 10.4. The number of nitrogens with one attached hydrogen (secondary N) is 1. The van der Waals surface area contributed by atoms with Crippen molar-refractivity contribution in [2.24, 2.45) is 0 Å². The summed E-state index contributed by atoms with van der Waals surface area (Å²) in [4.78, 5) is 9.03. The molecule has 0 fully saturated rings. The first-order chi connectivity index (χ1) is 9.69. The third kappa shape index (κ3) is 2.13. The quantitative estimate of drug-likeness (QED) is 0.792. The minimum atomic E-state index is 0.778. The lowest BCUT2D eigenvalue weighted by Crippen LogP contribution is -2.06. The number of nitrogens with zero attached hydrogens (tertiary/aromatic N) is 3. The minimum absolute atomic E-state index is 0.778. The van der Waals surface area contributed by atoms with E-state index < -0.39 is 0 Å². The van der Waals surface area contributed by atoms with Gasteiger partial charge in [0.2, 0.25) is 0 Å². The first-order valence-corrected chi connectivity index (χ1v) is 6.74. The summed E-state index contributed by atoms with van der Waals surface area (Å²) in [7, 11) is 1.91. The SMILES string of the molecule is CNc1nc2ccccc2cc1Cn1cnc(C)c1C. The normalized spacial score (nSPS) is 10.9. The minimum Gasteiger partial charge on any atom is -0.373 e. The van der Waals surface area contributed by atoms with Gasteiger partial charge in [0.05, 0.1) is 24.1 Å². The topological polar surface area (TPSA) is 42.7 Å². The first-order valence-electron chi connectivity index (χ1n) is 6.74. The number of fused-ring (bicyclic) bond motifs is 1. The zero-order valence-electron chi connectivity index (χ0n) is 12.0. The number of hydrogen-bond acceptors (Lipinski definition) is 3. The van der Waals surface area contributed by atoms with Crippen LogP contribution in [0.4, 0.5) is 5.82 Å². The molecule has 20 heavy (non-hydrogen) atoms. The lowest BCUT2D eigenvalue weighted by atomic mass is 10.1. The van der Waals surface area contributed by atoms with Gasteiger partial charge in [-0.1, -0.05) is 18.2 Å². The van der Waals surface area contributed by atoms with Crippen molar-refractivity contribution in [1.82, 2.24) is 14.5 Å². The van der Waals surface area contributed by atoms with E-state index in [1.807, 2.05) is 38.5 Å². The zero-order chi connectivity index (χ0) is 14.1. The van der Waals surface area contributed by atoms with Gasteiger partial charge in [0, 0.05) is 23.7 Å². The fourth-order valence-electron chi connectivity index (χ4n) is 2.38. The Morgan fingerprint density at radius 2 is 2.00 bits per heavy atom. The molecule has 1 aromatic carbocycles. The van der Waals surface area contributed by atoms with Crippen LogP contribution in [0.1, 0.15) is 17.0 Å². The maximum atomic E-state index is 4.68. The average molecular weight is 266 g/mol. The number of anilines is 1. The van der Waals surface area contributed by atoms with Gasteiger partial charge < -0.3 is 9.88 Å². The third-order valence-corrected chi connectivity index (χ3v) is 3.73. The second kappa shape index (κ2) is 4.96. The van der Waals surface area contributed by atoms with Gasteiger partial charge in [-0.05, 0) is 26.0 Å². The zero-order valence-corrected chi connectivity index (χ0v) is 12.0. The maximum absolute atomic E-state index is 4.68. The molecule has 4 heteroatoms. The van der Waals surface area contributed by atoms with E-state index >= 15 is 0 Å². The summed E-state index contributed by atoms with van der Waals surface area (Å²) in [5.41, 5.74) is 4.45. The summed E-state index contributed by atoms with van der Waals surface area (Å²) in [5, 5.41) is 4.35. The highest BCUT2D eigenvalue weighted by Crippen LogP contribution is 2.21. The van der Waals surface area contributed by atoms with Crippen molar-refractivity contribution in [3.63, 3.8) is 0 Å². The molecule has 0 unspecified atom stereocenters. The summed E-state index contributed by atoms with van der Waals surface area (Å²) in [5.74, 6) is 0.925. The van der Waals surface area contributed by atoms with E-state index in [0.29, 0.717) is 0 Å². The van der Waals surface area contributed by atoms with E-state index in [-0.39, 0.29) is 0 Å². The van der Waals surface area contributed by atoms with Gasteiger partial charge in [0.25, 0.3) is 0 Å². The number of aromatic nitrogens is 3. The Morgan fingerprint density at radius 3 is 2.70 bits per heavy atom. The van der Waals surface area contributed by atoms with Gasteiger partial charge in [-0.2, -0.15) is 0 Å². The molecule has 0 aliphatic carbocycles. The van der Waals surface area contributed by atoms with Crippen LogP contribution >= 0.6 is 0 Å². The van der Waals surface area contributed by atoms with E-state index in [1.54, 1.807) is 0 Å². The molecule has 0 radical (unpaired) electrons. The molecule has 2 aromatic heterocycles. The van der Waals surface area contributed by atoms with Crippen LogP contribution in [-0.2, 0) is 6.54 Å². The molecule has 3 aromatic rings. The number of benzene rings is 1. The molecule has 1 N–H and O–H groups in total. The molecule has 0 amide bonds. The van der Waals surface area contributed by atoms with E-state index in [0.717, 1.165) is 29.0 Å². The Balaban J connectivity index is 2.07. The molecule has 0 bridgehead atoms. The third-order valence-electron chi connectivity index (χ3n) is 3.73.